The van der Waals surface area contributed by atoms with Gasteiger partial charge in [0, 0.05) is 25.3 Å². The van der Waals surface area contributed by atoms with Crippen LogP contribution >= 0.6 is 0 Å². The average Bonchev–Trinajstić information content (AvgIpc) is 2.38. The van der Waals surface area contributed by atoms with E-state index in [1.165, 1.54) is 0 Å². The Bertz CT molecular complexity index is 591. The third-order valence-electron chi connectivity index (χ3n) is 3.04. The van der Waals surface area contributed by atoms with Gasteiger partial charge in [0.05, 0.1) is 6.42 Å². The van der Waals surface area contributed by atoms with Crippen LogP contribution in [0.1, 0.15) is 5.56 Å². The summed E-state index contributed by atoms with van der Waals surface area (Å²) in [7, 11) is 3.97. The van der Waals surface area contributed by atoms with Crippen molar-refractivity contribution in [2.45, 2.75) is 6.42 Å². The molecular formula is C16H17NO2. The summed E-state index contributed by atoms with van der Waals surface area (Å²) in [5, 5.41) is 9.01. The van der Waals surface area contributed by atoms with Crippen molar-refractivity contribution in [3.63, 3.8) is 0 Å². The average molecular weight is 255 g/mol. The number of rotatable bonds is 4. The van der Waals surface area contributed by atoms with Crippen LogP contribution in [-0.4, -0.2) is 25.2 Å². The van der Waals surface area contributed by atoms with Gasteiger partial charge in [-0.2, -0.15) is 0 Å². The minimum atomic E-state index is -0.810. The molecule has 0 atom stereocenters. The third-order valence-corrected chi connectivity index (χ3v) is 3.04. The summed E-state index contributed by atoms with van der Waals surface area (Å²) in [4.78, 5) is 13.0. The molecule has 0 amide bonds. The van der Waals surface area contributed by atoms with Crippen LogP contribution in [0.3, 0.4) is 0 Å². The number of aliphatic carboxylic acids is 1. The summed E-state index contributed by atoms with van der Waals surface area (Å²) in [6.45, 7) is 0. The molecule has 0 aliphatic heterocycles. The second-order valence-electron chi connectivity index (χ2n) is 4.64. The first-order chi connectivity index (χ1) is 9.09. The lowest BCUT2D eigenvalue weighted by molar-refractivity contribution is -0.136. The molecule has 0 aromatic heterocycles. The Balaban J connectivity index is 2.56. The minimum absolute atomic E-state index is 0.0396. The van der Waals surface area contributed by atoms with Crippen molar-refractivity contribution in [3.8, 4) is 11.1 Å². The second kappa shape index (κ2) is 5.57. The van der Waals surface area contributed by atoms with E-state index in [4.69, 9.17) is 5.11 Å². The monoisotopic (exact) mass is 255 g/mol. The summed E-state index contributed by atoms with van der Waals surface area (Å²) in [5.41, 5.74) is 3.96. The molecule has 3 heteroatoms. The molecule has 0 bridgehead atoms. The Labute approximate surface area is 113 Å². The smallest absolute Gasteiger partial charge is 0.307 e. The fraction of sp³-hybridized carbons (Fsp3) is 0.188. The van der Waals surface area contributed by atoms with Gasteiger partial charge in [-0.25, -0.2) is 0 Å². The summed E-state index contributed by atoms with van der Waals surface area (Å²) in [5.74, 6) is -0.810. The van der Waals surface area contributed by atoms with Crippen molar-refractivity contribution < 1.29 is 9.90 Å². The molecule has 3 nitrogen and oxygen atoms in total. The van der Waals surface area contributed by atoms with Crippen molar-refractivity contribution in [3.05, 3.63) is 54.1 Å². The van der Waals surface area contributed by atoms with Crippen LogP contribution in [0.5, 0.6) is 0 Å². The molecule has 1 N–H and O–H groups in total. The predicted octanol–water partition coefficient (Wildman–Crippen LogP) is 3.05. The molecule has 0 radical (unpaired) electrons. The number of carboxylic acid groups (broad SMARTS) is 1. The van der Waals surface area contributed by atoms with E-state index in [1.54, 1.807) is 0 Å². The van der Waals surface area contributed by atoms with Crippen molar-refractivity contribution >= 4 is 11.7 Å². The Morgan fingerprint density at radius 1 is 1.00 bits per heavy atom. The first-order valence-electron chi connectivity index (χ1n) is 6.16. The number of anilines is 1. The number of benzene rings is 2. The Kier molecular flexibility index (Phi) is 3.85. The van der Waals surface area contributed by atoms with Gasteiger partial charge in [-0.15, -0.1) is 0 Å². The molecule has 0 heterocycles. The molecular weight excluding hydrogens is 238 g/mol. The number of carbonyl (C=O) groups is 1. The zero-order chi connectivity index (χ0) is 13.8. The molecule has 0 aliphatic carbocycles. The predicted molar refractivity (Wildman–Crippen MR) is 77.5 cm³/mol. The maximum absolute atomic E-state index is 11.0. The van der Waals surface area contributed by atoms with Crippen LogP contribution in [0.15, 0.2) is 48.5 Å². The summed E-state index contributed by atoms with van der Waals surface area (Å²) in [6.07, 6.45) is 0.0396. The molecule has 2 aromatic rings. The molecule has 0 aliphatic rings. The van der Waals surface area contributed by atoms with Gasteiger partial charge in [0.25, 0.3) is 0 Å². The Morgan fingerprint density at radius 3 is 2.21 bits per heavy atom. The molecule has 0 fully saturated rings. The minimum Gasteiger partial charge on any atom is -0.481 e. The summed E-state index contributed by atoms with van der Waals surface area (Å²) < 4.78 is 0. The van der Waals surface area contributed by atoms with E-state index in [0.717, 1.165) is 22.4 Å². The third kappa shape index (κ3) is 2.94. The van der Waals surface area contributed by atoms with Crippen LogP contribution in [0.4, 0.5) is 5.69 Å². The van der Waals surface area contributed by atoms with Crippen LogP contribution < -0.4 is 4.90 Å². The molecule has 2 rings (SSSR count). The van der Waals surface area contributed by atoms with Crippen molar-refractivity contribution in [1.82, 2.24) is 0 Å². The van der Waals surface area contributed by atoms with Gasteiger partial charge in [-0.05, 0) is 17.2 Å². The Hall–Kier alpha value is -2.29. The molecule has 98 valence electrons. The fourth-order valence-corrected chi connectivity index (χ4v) is 2.19. The van der Waals surface area contributed by atoms with Crippen molar-refractivity contribution in [2.75, 3.05) is 19.0 Å². The van der Waals surface area contributed by atoms with E-state index < -0.39 is 5.97 Å². The van der Waals surface area contributed by atoms with Crippen LogP contribution in [-0.2, 0) is 11.2 Å². The topological polar surface area (TPSA) is 40.5 Å². The largest absolute Gasteiger partial charge is 0.481 e. The first kappa shape index (κ1) is 13.1. The molecule has 0 saturated heterocycles. The number of para-hydroxylation sites is 1. The van der Waals surface area contributed by atoms with Crippen molar-refractivity contribution in [1.29, 1.82) is 0 Å². The van der Waals surface area contributed by atoms with Crippen LogP contribution in [0.25, 0.3) is 11.1 Å². The van der Waals surface area contributed by atoms with Crippen LogP contribution in [0, 0.1) is 0 Å². The number of nitrogens with zero attached hydrogens (tertiary/aromatic N) is 1. The van der Waals surface area contributed by atoms with Gasteiger partial charge in [0.1, 0.15) is 0 Å². The van der Waals surface area contributed by atoms with Gasteiger partial charge >= 0.3 is 5.97 Å². The Morgan fingerprint density at radius 2 is 1.58 bits per heavy atom. The van der Waals surface area contributed by atoms with E-state index in [0.29, 0.717) is 0 Å². The maximum atomic E-state index is 11.0. The molecule has 0 spiro atoms. The lowest BCUT2D eigenvalue weighted by atomic mass is 9.96. The summed E-state index contributed by atoms with van der Waals surface area (Å²) >= 11 is 0. The van der Waals surface area contributed by atoms with E-state index in [1.807, 2.05) is 67.5 Å². The van der Waals surface area contributed by atoms with Gasteiger partial charge < -0.3 is 10.0 Å². The quantitative estimate of drug-likeness (QED) is 0.912. The highest BCUT2D eigenvalue weighted by atomic mass is 16.4. The highest BCUT2D eigenvalue weighted by Gasteiger charge is 2.11. The first-order valence-corrected chi connectivity index (χ1v) is 6.16. The van der Waals surface area contributed by atoms with Gasteiger partial charge in [0.15, 0.2) is 0 Å². The molecule has 19 heavy (non-hydrogen) atoms. The number of hydrogen-bond acceptors (Lipinski definition) is 2. The zero-order valence-electron chi connectivity index (χ0n) is 11.1. The SMILES string of the molecule is CN(C)c1ccccc1-c1ccccc1CC(=O)O. The maximum Gasteiger partial charge on any atom is 0.307 e. The van der Waals surface area contributed by atoms with E-state index in [-0.39, 0.29) is 6.42 Å². The highest BCUT2D eigenvalue weighted by Crippen LogP contribution is 2.32. The normalized spacial score (nSPS) is 10.2. The second-order valence-corrected chi connectivity index (χ2v) is 4.64. The lowest BCUT2D eigenvalue weighted by Gasteiger charge is -2.19. The van der Waals surface area contributed by atoms with E-state index >= 15 is 0 Å². The van der Waals surface area contributed by atoms with E-state index in [9.17, 15) is 4.79 Å². The van der Waals surface area contributed by atoms with E-state index in [2.05, 4.69) is 0 Å². The van der Waals surface area contributed by atoms with Crippen LogP contribution in [0.2, 0.25) is 0 Å². The number of hydrogen-bond donors (Lipinski definition) is 1. The van der Waals surface area contributed by atoms with Crippen molar-refractivity contribution in [2.24, 2.45) is 0 Å². The van der Waals surface area contributed by atoms with Gasteiger partial charge in [-0.1, -0.05) is 42.5 Å². The fourth-order valence-electron chi connectivity index (χ4n) is 2.19. The molecule has 0 saturated carbocycles. The zero-order valence-corrected chi connectivity index (χ0v) is 11.1. The highest BCUT2D eigenvalue weighted by molar-refractivity contribution is 5.83. The number of carboxylic acids is 1. The molecule has 2 aromatic carbocycles. The standard InChI is InChI=1S/C16H17NO2/c1-17(2)15-10-6-5-9-14(15)13-8-4-3-7-12(13)11-16(18)19/h3-10H,11H2,1-2H3,(H,18,19). The lowest BCUT2D eigenvalue weighted by Crippen LogP contribution is -2.10. The molecule has 0 unspecified atom stereocenters. The van der Waals surface area contributed by atoms with Gasteiger partial charge in [0.2, 0.25) is 0 Å². The van der Waals surface area contributed by atoms with Gasteiger partial charge in [-0.3, -0.25) is 4.79 Å². The summed E-state index contributed by atoms with van der Waals surface area (Å²) in [6, 6.07) is 15.7.